The van der Waals surface area contributed by atoms with Crippen LogP contribution in [0.3, 0.4) is 0 Å². The van der Waals surface area contributed by atoms with E-state index in [9.17, 15) is 4.79 Å². The van der Waals surface area contributed by atoms with Gasteiger partial charge in [0.25, 0.3) is 0 Å². The van der Waals surface area contributed by atoms with Crippen LogP contribution >= 0.6 is 15.9 Å². The summed E-state index contributed by atoms with van der Waals surface area (Å²) < 4.78 is 4.68. The van der Waals surface area contributed by atoms with Gasteiger partial charge in [-0.1, -0.05) is 29.3 Å². The molecule has 0 aromatic rings. The largest absolute Gasteiger partial charge is 0.468 e. The number of carbonyl (C=O) groups is 1. The molecule has 0 aromatic heterocycles. The standard InChI is InChI=1S/C11H20BrNO2/c1-3-9-4-6-13(7-5-9)8-10(12)11(14)15-2/h9-10H,3-8H2,1-2H3. The van der Waals surface area contributed by atoms with Gasteiger partial charge in [-0.3, -0.25) is 4.79 Å². The highest BCUT2D eigenvalue weighted by atomic mass is 79.9. The highest BCUT2D eigenvalue weighted by Gasteiger charge is 2.23. The minimum atomic E-state index is -0.180. The Morgan fingerprint density at radius 3 is 2.60 bits per heavy atom. The van der Waals surface area contributed by atoms with Crippen LogP contribution in [0.2, 0.25) is 0 Å². The topological polar surface area (TPSA) is 29.5 Å². The number of likely N-dealkylation sites (tertiary alicyclic amines) is 1. The van der Waals surface area contributed by atoms with Crippen LogP contribution in [0.5, 0.6) is 0 Å². The third kappa shape index (κ3) is 4.11. The van der Waals surface area contributed by atoms with Crippen LogP contribution in [-0.4, -0.2) is 42.4 Å². The number of carbonyl (C=O) groups excluding carboxylic acids is 1. The van der Waals surface area contributed by atoms with Crippen molar-refractivity contribution in [2.75, 3.05) is 26.7 Å². The third-order valence-electron chi connectivity index (χ3n) is 3.16. The molecule has 1 rings (SSSR count). The SMILES string of the molecule is CCC1CCN(CC(Br)C(=O)OC)CC1. The van der Waals surface area contributed by atoms with Crippen molar-refractivity contribution in [1.29, 1.82) is 0 Å². The lowest BCUT2D eigenvalue weighted by Crippen LogP contribution is -2.39. The molecule has 1 aliphatic rings. The Bertz CT molecular complexity index is 203. The number of halogens is 1. The minimum absolute atomic E-state index is 0.174. The molecule has 15 heavy (non-hydrogen) atoms. The highest BCUT2D eigenvalue weighted by molar-refractivity contribution is 9.10. The summed E-state index contributed by atoms with van der Waals surface area (Å²) in [6.07, 6.45) is 3.80. The molecule has 88 valence electrons. The summed E-state index contributed by atoms with van der Waals surface area (Å²) in [7, 11) is 1.43. The van der Waals surface area contributed by atoms with Crippen molar-refractivity contribution in [3.8, 4) is 0 Å². The number of hydrogen-bond acceptors (Lipinski definition) is 3. The van der Waals surface area contributed by atoms with Crippen molar-refractivity contribution < 1.29 is 9.53 Å². The van der Waals surface area contributed by atoms with Crippen molar-refractivity contribution in [1.82, 2.24) is 4.90 Å². The van der Waals surface area contributed by atoms with Crippen molar-refractivity contribution in [2.24, 2.45) is 5.92 Å². The normalized spacial score (nSPS) is 21.3. The van der Waals surface area contributed by atoms with Gasteiger partial charge in [0.1, 0.15) is 4.83 Å². The van der Waals surface area contributed by atoms with Gasteiger partial charge in [-0.25, -0.2) is 0 Å². The molecular formula is C11H20BrNO2. The second-order valence-corrected chi connectivity index (χ2v) is 5.25. The lowest BCUT2D eigenvalue weighted by molar-refractivity contribution is -0.140. The lowest BCUT2D eigenvalue weighted by Gasteiger charge is -2.32. The molecule has 3 nitrogen and oxygen atoms in total. The Labute approximate surface area is 100 Å². The summed E-state index contributed by atoms with van der Waals surface area (Å²) in [6, 6.07) is 0. The molecule has 1 atom stereocenters. The molecule has 0 spiro atoms. The maximum Gasteiger partial charge on any atom is 0.320 e. The van der Waals surface area contributed by atoms with E-state index in [-0.39, 0.29) is 10.8 Å². The number of ether oxygens (including phenoxy) is 1. The predicted molar refractivity (Wildman–Crippen MR) is 64.2 cm³/mol. The van der Waals surface area contributed by atoms with E-state index in [0.717, 1.165) is 25.6 Å². The molecule has 0 amide bonds. The van der Waals surface area contributed by atoms with Crippen LogP contribution < -0.4 is 0 Å². The Morgan fingerprint density at radius 2 is 2.13 bits per heavy atom. The fourth-order valence-electron chi connectivity index (χ4n) is 2.01. The highest BCUT2D eigenvalue weighted by Crippen LogP contribution is 2.20. The number of nitrogens with zero attached hydrogens (tertiary/aromatic N) is 1. The molecular weight excluding hydrogens is 258 g/mol. The lowest BCUT2D eigenvalue weighted by atomic mass is 9.94. The Morgan fingerprint density at radius 1 is 1.53 bits per heavy atom. The molecule has 0 radical (unpaired) electrons. The maximum atomic E-state index is 11.2. The first-order chi connectivity index (χ1) is 7.17. The first-order valence-corrected chi connectivity index (χ1v) is 6.53. The molecule has 1 heterocycles. The van der Waals surface area contributed by atoms with Crippen LogP contribution in [0.25, 0.3) is 0 Å². The summed E-state index contributed by atoms with van der Waals surface area (Å²) in [4.78, 5) is 13.4. The summed E-state index contributed by atoms with van der Waals surface area (Å²) >= 11 is 3.35. The second kappa shape index (κ2) is 6.48. The fourth-order valence-corrected chi connectivity index (χ4v) is 2.60. The molecule has 0 bridgehead atoms. The van der Waals surface area contributed by atoms with Crippen molar-refractivity contribution in [3.63, 3.8) is 0 Å². The van der Waals surface area contributed by atoms with Crippen LogP contribution in [0.15, 0.2) is 0 Å². The summed E-state index contributed by atoms with van der Waals surface area (Å²) in [5.41, 5.74) is 0. The van der Waals surface area contributed by atoms with Gasteiger partial charge >= 0.3 is 5.97 Å². The van der Waals surface area contributed by atoms with E-state index in [1.165, 1.54) is 26.4 Å². The van der Waals surface area contributed by atoms with Gasteiger partial charge in [0.15, 0.2) is 0 Å². The monoisotopic (exact) mass is 277 g/mol. The number of hydrogen-bond donors (Lipinski definition) is 0. The zero-order chi connectivity index (χ0) is 11.3. The van der Waals surface area contributed by atoms with E-state index < -0.39 is 0 Å². The molecule has 1 saturated heterocycles. The van der Waals surface area contributed by atoms with Crippen LogP contribution in [0, 0.1) is 5.92 Å². The van der Waals surface area contributed by atoms with Crippen LogP contribution in [0.4, 0.5) is 0 Å². The van der Waals surface area contributed by atoms with Crippen LogP contribution in [-0.2, 0) is 9.53 Å². The first-order valence-electron chi connectivity index (χ1n) is 5.61. The Balaban J connectivity index is 2.26. The molecule has 1 aliphatic heterocycles. The van der Waals surface area contributed by atoms with E-state index in [1.807, 2.05) is 0 Å². The smallest absolute Gasteiger partial charge is 0.320 e. The van der Waals surface area contributed by atoms with Crippen molar-refractivity contribution in [3.05, 3.63) is 0 Å². The average Bonchev–Trinajstić information content (AvgIpc) is 2.29. The molecule has 0 aliphatic carbocycles. The predicted octanol–water partition coefficient (Wildman–Crippen LogP) is 2.04. The fraction of sp³-hybridized carbons (Fsp3) is 0.909. The van der Waals surface area contributed by atoms with Gasteiger partial charge < -0.3 is 9.64 Å². The van der Waals surface area contributed by atoms with E-state index in [0.29, 0.717) is 0 Å². The molecule has 1 fully saturated rings. The van der Waals surface area contributed by atoms with Gasteiger partial charge in [-0.15, -0.1) is 0 Å². The third-order valence-corrected chi connectivity index (χ3v) is 3.82. The van der Waals surface area contributed by atoms with E-state index in [2.05, 4.69) is 32.5 Å². The molecule has 0 aromatic carbocycles. The maximum absolute atomic E-state index is 11.2. The Hall–Kier alpha value is -0.0900. The minimum Gasteiger partial charge on any atom is -0.468 e. The van der Waals surface area contributed by atoms with Gasteiger partial charge in [-0.2, -0.15) is 0 Å². The summed E-state index contributed by atoms with van der Waals surface area (Å²) in [6.45, 7) is 5.24. The molecule has 4 heteroatoms. The van der Waals surface area contributed by atoms with Crippen molar-refractivity contribution in [2.45, 2.75) is 31.0 Å². The van der Waals surface area contributed by atoms with Gasteiger partial charge in [-0.05, 0) is 31.8 Å². The van der Waals surface area contributed by atoms with Gasteiger partial charge in [0.2, 0.25) is 0 Å². The van der Waals surface area contributed by atoms with Crippen molar-refractivity contribution >= 4 is 21.9 Å². The zero-order valence-corrected chi connectivity index (χ0v) is 11.1. The van der Waals surface area contributed by atoms with E-state index in [1.54, 1.807) is 0 Å². The van der Waals surface area contributed by atoms with E-state index >= 15 is 0 Å². The quantitative estimate of drug-likeness (QED) is 0.582. The first kappa shape index (κ1) is 13.0. The number of methoxy groups -OCH3 is 1. The average molecular weight is 278 g/mol. The van der Waals surface area contributed by atoms with Gasteiger partial charge in [0.05, 0.1) is 7.11 Å². The number of alkyl halides is 1. The summed E-state index contributed by atoms with van der Waals surface area (Å²) in [5.74, 6) is 0.709. The molecule has 0 saturated carbocycles. The van der Waals surface area contributed by atoms with Crippen LogP contribution in [0.1, 0.15) is 26.2 Å². The van der Waals surface area contributed by atoms with E-state index in [4.69, 9.17) is 0 Å². The number of rotatable bonds is 4. The molecule has 1 unspecified atom stereocenters. The Kier molecular flexibility index (Phi) is 5.61. The number of piperidine rings is 1. The zero-order valence-electron chi connectivity index (χ0n) is 9.54. The van der Waals surface area contributed by atoms with Gasteiger partial charge in [0, 0.05) is 6.54 Å². The second-order valence-electron chi connectivity index (χ2n) is 4.14. The summed E-state index contributed by atoms with van der Waals surface area (Å²) in [5, 5.41) is 0. The number of esters is 1. The molecule has 0 N–H and O–H groups in total.